The average Bonchev–Trinajstić information content (AvgIpc) is 3.17. The number of anilines is 1. The first-order chi connectivity index (χ1) is 9.81. The van der Waals surface area contributed by atoms with Crippen LogP contribution in [0.4, 0.5) is 5.95 Å². The number of aromatic nitrogens is 3. The number of para-hydroxylation sites is 1. The molecule has 0 bridgehead atoms. The molecule has 4 rings (SSSR count). The maximum absolute atomic E-state index is 5.83. The Kier molecular flexibility index (Phi) is 2.29. The molecule has 0 amide bonds. The summed E-state index contributed by atoms with van der Waals surface area (Å²) in [6, 6.07) is 9.81. The molecule has 0 atom stereocenters. The molecular weight excluding hydrogens is 256 g/mol. The molecule has 6 heteroatoms. The average molecular weight is 268 g/mol. The van der Waals surface area contributed by atoms with Gasteiger partial charge in [-0.3, -0.25) is 5.10 Å². The molecule has 0 fully saturated rings. The maximum Gasteiger partial charge on any atom is 0.239 e. The van der Waals surface area contributed by atoms with Gasteiger partial charge in [0.2, 0.25) is 5.95 Å². The van der Waals surface area contributed by atoms with Crippen LogP contribution in [0.5, 0.6) is 5.75 Å². The van der Waals surface area contributed by atoms with Gasteiger partial charge in [-0.25, -0.2) is 0 Å². The fourth-order valence-electron chi connectivity index (χ4n) is 2.40. The fraction of sp³-hybridized carbons (Fsp3) is 0.143. The Labute approximate surface area is 114 Å². The van der Waals surface area contributed by atoms with Crippen molar-refractivity contribution in [2.75, 3.05) is 12.3 Å². The number of nitrogens with one attached hydrogen (secondary N) is 1. The van der Waals surface area contributed by atoms with Gasteiger partial charge >= 0.3 is 0 Å². The summed E-state index contributed by atoms with van der Waals surface area (Å²) < 4.78 is 11.5. The summed E-state index contributed by atoms with van der Waals surface area (Å²) in [6.45, 7) is 0.721. The Morgan fingerprint density at radius 1 is 1.15 bits per heavy atom. The van der Waals surface area contributed by atoms with E-state index in [0.29, 0.717) is 11.6 Å². The van der Waals surface area contributed by atoms with E-state index in [1.165, 1.54) is 5.56 Å². The highest BCUT2D eigenvalue weighted by atomic mass is 16.5. The largest absolute Gasteiger partial charge is 0.492 e. The van der Waals surface area contributed by atoms with Gasteiger partial charge in [0.05, 0.1) is 12.2 Å². The second-order valence-electron chi connectivity index (χ2n) is 4.60. The lowest BCUT2D eigenvalue weighted by atomic mass is 10.1. The predicted octanol–water partition coefficient (Wildman–Crippen LogP) is 2.25. The van der Waals surface area contributed by atoms with Crippen molar-refractivity contribution >= 4 is 5.95 Å². The molecule has 3 N–H and O–H groups in total. The molecule has 0 unspecified atom stereocenters. The van der Waals surface area contributed by atoms with Crippen LogP contribution in [0.1, 0.15) is 5.56 Å². The fourth-order valence-corrected chi connectivity index (χ4v) is 2.40. The summed E-state index contributed by atoms with van der Waals surface area (Å²) >= 11 is 0. The van der Waals surface area contributed by atoms with Gasteiger partial charge in [-0.05, 0) is 23.8 Å². The highest BCUT2D eigenvalue weighted by molar-refractivity contribution is 5.70. The number of nitrogens with zero attached hydrogens (tertiary/aromatic N) is 2. The molecule has 1 aromatic carbocycles. The van der Waals surface area contributed by atoms with Crippen molar-refractivity contribution < 1.29 is 9.15 Å². The standard InChI is InChI=1S/C14H12N4O2/c15-14-16-13(17-18-14)11-5-4-10(20-11)9-3-1-2-8-6-7-19-12(8)9/h1-5H,6-7H2,(H3,15,16,17,18). The Morgan fingerprint density at radius 3 is 2.90 bits per heavy atom. The third-order valence-electron chi connectivity index (χ3n) is 3.32. The van der Waals surface area contributed by atoms with Gasteiger partial charge in [-0.1, -0.05) is 12.1 Å². The van der Waals surface area contributed by atoms with Crippen molar-refractivity contribution in [1.82, 2.24) is 15.2 Å². The van der Waals surface area contributed by atoms with Gasteiger partial charge < -0.3 is 14.9 Å². The number of H-pyrrole nitrogens is 1. The summed E-state index contributed by atoms with van der Waals surface area (Å²) in [5.41, 5.74) is 7.66. The molecular formula is C14H12N4O2. The molecule has 2 aromatic heterocycles. The zero-order valence-electron chi connectivity index (χ0n) is 10.6. The van der Waals surface area contributed by atoms with Gasteiger partial charge in [0.25, 0.3) is 0 Å². The first-order valence-corrected chi connectivity index (χ1v) is 6.34. The maximum atomic E-state index is 5.83. The Balaban J connectivity index is 1.77. The lowest BCUT2D eigenvalue weighted by Gasteiger charge is -2.04. The van der Waals surface area contributed by atoms with Crippen molar-refractivity contribution in [2.45, 2.75) is 6.42 Å². The summed E-state index contributed by atoms with van der Waals surface area (Å²) in [6.07, 6.45) is 0.940. The van der Waals surface area contributed by atoms with E-state index in [1.807, 2.05) is 24.3 Å². The molecule has 100 valence electrons. The number of nitrogens with two attached hydrogens (primary N) is 1. The van der Waals surface area contributed by atoms with E-state index in [1.54, 1.807) is 0 Å². The lowest BCUT2D eigenvalue weighted by Crippen LogP contribution is -1.88. The highest BCUT2D eigenvalue weighted by Gasteiger charge is 2.19. The highest BCUT2D eigenvalue weighted by Crippen LogP contribution is 2.38. The second-order valence-corrected chi connectivity index (χ2v) is 4.60. The monoisotopic (exact) mass is 268 g/mol. The minimum absolute atomic E-state index is 0.196. The van der Waals surface area contributed by atoms with E-state index in [0.717, 1.165) is 30.1 Å². The van der Waals surface area contributed by atoms with Crippen LogP contribution in [0.15, 0.2) is 34.7 Å². The topological polar surface area (TPSA) is 90.0 Å². The van der Waals surface area contributed by atoms with E-state index < -0.39 is 0 Å². The van der Waals surface area contributed by atoms with Crippen molar-refractivity contribution in [3.8, 4) is 28.7 Å². The van der Waals surface area contributed by atoms with Crippen LogP contribution in [0.3, 0.4) is 0 Å². The third kappa shape index (κ3) is 1.65. The van der Waals surface area contributed by atoms with Crippen LogP contribution >= 0.6 is 0 Å². The van der Waals surface area contributed by atoms with Crippen molar-refractivity contribution in [3.05, 3.63) is 35.9 Å². The Morgan fingerprint density at radius 2 is 2.05 bits per heavy atom. The molecule has 0 aliphatic carbocycles. The molecule has 6 nitrogen and oxygen atoms in total. The summed E-state index contributed by atoms with van der Waals surface area (Å²) in [4.78, 5) is 4.05. The normalized spacial score (nSPS) is 13.2. The summed E-state index contributed by atoms with van der Waals surface area (Å²) in [5.74, 6) is 2.96. The number of furan rings is 1. The zero-order valence-corrected chi connectivity index (χ0v) is 10.6. The van der Waals surface area contributed by atoms with Gasteiger partial charge in [-0.2, -0.15) is 4.98 Å². The van der Waals surface area contributed by atoms with Crippen LogP contribution < -0.4 is 10.5 Å². The van der Waals surface area contributed by atoms with Crippen molar-refractivity contribution in [1.29, 1.82) is 0 Å². The first kappa shape index (κ1) is 11.1. The molecule has 3 aromatic rings. The van der Waals surface area contributed by atoms with Gasteiger partial charge in [-0.15, -0.1) is 5.10 Å². The van der Waals surface area contributed by atoms with Crippen LogP contribution in [-0.2, 0) is 6.42 Å². The smallest absolute Gasteiger partial charge is 0.239 e. The molecule has 1 aliphatic rings. The minimum atomic E-state index is 0.196. The van der Waals surface area contributed by atoms with Gasteiger partial charge in [0.15, 0.2) is 11.6 Å². The number of rotatable bonds is 2. The van der Waals surface area contributed by atoms with Crippen LogP contribution in [0.2, 0.25) is 0 Å². The first-order valence-electron chi connectivity index (χ1n) is 6.34. The molecule has 20 heavy (non-hydrogen) atoms. The lowest BCUT2D eigenvalue weighted by molar-refractivity contribution is 0.357. The van der Waals surface area contributed by atoms with Crippen molar-refractivity contribution in [2.24, 2.45) is 0 Å². The van der Waals surface area contributed by atoms with Crippen LogP contribution in [0.25, 0.3) is 22.9 Å². The number of hydrogen-bond donors (Lipinski definition) is 2. The molecule has 1 aliphatic heterocycles. The second kappa shape index (κ2) is 4.12. The Hall–Kier alpha value is -2.76. The van der Waals surface area contributed by atoms with E-state index in [9.17, 15) is 0 Å². The quantitative estimate of drug-likeness (QED) is 0.744. The number of hydrogen-bond acceptors (Lipinski definition) is 5. The van der Waals surface area contributed by atoms with E-state index in [4.69, 9.17) is 14.9 Å². The third-order valence-corrected chi connectivity index (χ3v) is 3.32. The van der Waals surface area contributed by atoms with E-state index in [2.05, 4.69) is 21.2 Å². The molecule has 0 radical (unpaired) electrons. The van der Waals surface area contributed by atoms with E-state index in [-0.39, 0.29) is 5.95 Å². The van der Waals surface area contributed by atoms with Crippen molar-refractivity contribution in [3.63, 3.8) is 0 Å². The number of nitrogen functional groups attached to an aromatic ring is 1. The number of fused-ring (bicyclic) bond motifs is 1. The molecule has 0 saturated heterocycles. The van der Waals surface area contributed by atoms with Gasteiger partial charge in [0.1, 0.15) is 11.5 Å². The van der Waals surface area contributed by atoms with Crippen LogP contribution in [0, 0.1) is 0 Å². The van der Waals surface area contributed by atoms with E-state index >= 15 is 0 Å². The summed E-state index contributed by atoms with van der Waals surface area (Å²) in [7, 11) is 0. The number of benzene rings is 1. The summed E-state index contributed by atoms with van der Waals surface area (Å²) in [5, 5.41) is 6.52. The predicted molar refractivity (Wildman–Crippen MR) is 73.1 cm³/mol. The number of aromatic amines is 1. The minimum Gasteiger partial charge on any atom is -0.492 e. The zero-order chi connectivity index (χ0) is 13.5. The molecule has 0 spiro atoms. The van der Waals surface area contributed by atoms with Crippen LogP contribution in [-0.4, -0.2) is 21.8 Å². The number of ether oxygens (including phenoxy) is 1. The molecule has 3 heterocycles. The molecule has 0 saturated carbocycles. The Bertz CT molecular complexity index is 775. The SMILES string of the molecule is Nc1n[nH]c(-c2ccc(-c3cccc4c3OCC4)o2)n1. The van der Waals surface area contributed by atoms with Gasteiger partial charge in [0, 0.05) is 6.42 Å².